The van der Waals surface area contributed by atoms with Crippen molar-refractivity contribution in [2.75, 3.05) is 19.9 Å². The normalized spacial score (nSPS) is 12.8. The first-order chi connectivity index (χ1) is 14.3. The lowest BCUT2D eigenvalue weighted by molar-refractivity contribution is 0.174. The van der Waals surface area contributed by atoms with Crippen LogP contribution in [0.1, 0.15) is 18.1 Å². The minimum Gasteiger partial charge on any atom is -0.454 e. The van der Waals surface area contributed by atoms with Crippen LogP contribution in [0.15, 0.2) is 60.1 Å². The number of guanidine groups is 1. The average Bonchev–Trinajstić information content (AvgIpc) is 3.44. The van der Waals surface area contributed by atoms with E-state index in [-0.39, 0.29) is 0 Å². The second kappa shape index (κ2) is 9.09. The maximum absolute atomic E-state index is 5.44. The van der Waals surface area contributed by atoms with Gasteiger partial charge >= 0.3 is 0 Å². The number of nitrogens with one attached hydrogen (secondary N) is 2. The molecule has 0 atom stereocenters. The van der Waals surface area contributed by atoms with E-state index in [1.807, 2.05) is 24.3 Å². The Morgan fingerprint density at radius 2 is 1.90 bits per heavy atom. The number of benzene rings is 2. The molecule has 0 spiro atoms. The highest BCUT2D eigenvalue weighted by Crippen LogP contribution is 2.32. The van der Waals surface area contributed by atoms with Crippen molar-refractivity contribution < 1.29 is 9.47 Å². The van der Waals surface area contributed by atoms with Crippen molar-refractivity contribution in [2.45, 2.75) is 19.9 Å². The van der Waals surface area contributed by atoms with Crippen LogP contribution >= 0.6 is 0 Å². The number of rotatable bonds is 7. The zero-order valence-electron chi connectivity index (χ0n) is 16.3. The largest absolute Gasteiger partial charge is 0.454 e. The average molecular weight is 392 g/mol. The van der Waals surface area contributed by atoms with Gasteiger partial charge in [-0.3, -0.25) is 0 Å². The van der Waals surface area contributed by atoms with Crippen molar-refractivity contribution in [2.24, 2.45) is 4.99 Å². The van der Waals surface area contributed by atoms with Crippen LogP contribution in [0.3, 0.4) is 0 Å². The maximum Gasteiger partial charge on any atom is 0.231 e. The molecule has 1 aromatic heterocycles. The van der Waals surface area contributed by atoms with Gasteiger partial charge in [-0.15, -0.1) is 0 Å². The summed E-state index contributed by atoms with van der Waals surface area (Å²) in [5, 5.41) is 10.8. The molecule has 3 aromatic rings. The van der Waals surface area contributed by atoms with E-state index < -0.39 is 0 Å². The maximum atomic E-state index is 5.44. The summed E-state index contributed by atoms with van der Waals surface area (Å²) in [6.45, 7) is 4.53. The van der Waals surface area contributed by atoms with E-state index in [1.165, 1.54) is 11.9 Å². The van der Waals surface area contributed by atoms with E-state index >= 15 is 0 Å². The van der Waals surface area contributed by atoms with Crippen molar-refractivity contribution in [1.29, 1.82) is 0 Å². The third kappa shape index (κ3) is 4.84. The van der Waals surface area contributed by atoms with Gasteiger partial charge in [-0.2, -0.15) is 5.10 Å². The Kier molecular flexibility index (Phi) is 5.89. The van der Waals surface area contributed by atoms with Crippen molar-refractivity contribution in [3.8, 4) is 17.2 Å². The molecule has 2 aromatic carbocycles. The number of ether oxygens (including phenoxy) is 2. The highest BCUT2D eigenvalue weighted by molar-refractivity contribution is 5.79. The highest BCUT2D eigenvalue weighted by atomic mass is 16.7. The Morgan fingerprint density at radius 1 is 1.07 bits per heavy atom. The van der Waals surface area contributed by atoms with Crippen LogP contribution in [0.4, 0.5) is 0 Å². The molecule has 1 aliphatic rings. The Balaban J connectivity index is 1.31. The van der Waals surface area contributed by atoms with Crippen molar-refractivity contribution >= 4 is 5.96 Å². The summed E-state index contributed by atoms with van der Waals surface area (Å²) in [6.07, 6.45) is 4.07. The molecule has 8 heteroatoms. The zero-order valence-corrected chi connectivity index (χ0v) is 16.3. The van der Waals surface area contributed by atoms with Crippen LogP contribution in [0.5, 0.6) is 11.5 Å². The molecule has 0 radical (unpaired) electrons. The summed E-state index contributed by atoms with van der Waals surface area (Å²) in [5.41, 5.74) is 3.30. The van der Waals surface area contributed by atoms with Gasteiger partial charge in [-0.05, 0) is 48.7 Å². The van der Waals surface area contributed by atoms with E-state index in [0.717, 1.165) is 48.2 Å². The van der Waals surface area contributed by atoms with Crippen LogP contribution in [0, 0.1) is 0 Å². The molecule has 2 heterocycles. The minimum absolute atomic E-state index is 0.300. The van der Waals surface area contributed by atoms with Crippen molar-refractivity contribution in [3.05, 3.63) is 66.2 Å². The molecule has 0 aliphatic carbocycles. The molecular weight excluding hydrogens is 368 g/mol. The smallest absolute Gasteiger partial charge is 0.231 e. The topological polar surface area (TPSA) is 85.6 Å². The summed E-state index contributed by atoms with van der Waals surface area (Å²) in [6, 6.07) is 14.2. The molecule has 0 saturated carbocycles. The molecule has 0 fully saturated rings. The van der Waals surface area contributed by atoms with Gasteiger partial charge in [0, 0.05) is 13.1 Å². The minimum atomic E-state index is 0.300. The lowest BCUT2D eigenvalue weighted by Gasteiger charge is -2.11. The zero-order chi connectivity index (χ0) is 19.9. The number of fused-ring (bicyclic) bond motifs is 1. The van der Waals surface area contributed by atoms with Crippen LogP contribution in [0.25, 0.3) is 5.69 Å². The second-order valence-corrected chi connectivity index (χ2v) is 6.57. The number of hydrogen-bond donors (Lipinski definition) is 2. The van der Waals surface area contributed by atoms with Crippen molar-refractivity contribution in [3.63, 3.8) is 0 Å². The SMILES string of the molecule is CCNC(=NCc1ccc(-n2cncn2)cc1)NCCc1ccc2c(c1)OCO2. The predicted molar refractivity (Wildman–Crippen MR) is 110 cm³/mol. The van der Waals surface area contributed by atoms with Gasteiger partial charge in [0.25, 0.3) is 0 Å². The lowest BCUT2D eigenvalue weighted by Crippen LogP contribution is -2.38. The summed E-state index contributed by atoms with van der Waals surface area (Å²) in [4.78, 5) is 8.65. The summed E-state index contributed by atoms with van der Waals surface area (Å²) < 4.78 is 12.5. The Hall–Kier alpha value is -3.55. The first kappa shape index (κ1) is 18.8. The second-order valence-electron chi connectivity index (χ2n) is 6.57. The quantitative estimate of drug-likeness (QED) is 0.474. The van der Waals surface area contributed by atoms with Crippen LogP contribution < -0.4 is 20.1 Å². The summed E-state index contributed by atoms with van der Waals surface area (Å²) in [5.74, 6) is 2.43. The number of nitrogens with zero attached hydrogens (tertiary/aromatic N) is 4. The lowest BCUT2D eigenvalue weighted by atomic mass is 10.1. The molecule has 0 saturated heterocycles. The number of hydrogen-bond acceptors (Lipinski definition) is 5. The van der Waals surface area contributed by atoms with Gasteiger partial charge in [0.15, 0.2) is 17.5 Å². The van der Waals surface area contributed by atoms with Crippen molar-refractivity contribution in [1.82, 2.24) is 25.4 Å². The van der Waals surface area contributed by atoms with E-state index in [9.17, 15) is 0 Å². The molecule has 29 heavy (non-hydrogen) atoms. The molecule has 0 bridgehead atoms. The van der Waals surface area contributed by atoms with Gasteiger partial charge in [0.2, 0.25) is 6.79 Å². The van der Waals surface area contributed by atoms with E-state index in [4.69, 9.17) is 9.47 Å². The van der Waals surface area contributed by atoms with Gasteiger partial charge in [0.05, 0.1) is 12.2 Å². The number of aromatic nitrogens is 3. The highest BCUT2D eigenvalue weighted by Gasteiger charge is 2.12. The van der Waals surface area contributed by atoms with Crippen LogP contribution in [-0.2, 0) is 13.0 Å². The van der Waals surface area contributed by atoms with Crippen LogP contribution in [-0.4, -0.2) is 40.6 Å². The first-order valence-electron chi connectivity index (χ1n) is 9.66. The summed E-state index contributed by atoms with van der Waals surface area (Å²) in [7, 11) is 0. The Morgan fingerprint density at radius 3 is 2.69 bits per heavy atom. The molecule has 4 rings (SSSR count). The Bertz CT molecular complexity index is 954. The fourth-order valence-electron chi connectivity index (χ4n) is 3.03. The third-order valence-electron chi connectivity index (χ3n) is 4.53. The fraction of sp³-hybridized carbons (Fsp3) is 0.286. The van der Waals surface area contributed by atoms with Crippen LogP contribution in [0.2, 0.25) is 0 Å². The van der Waals surface area contributed by atoms with Gasteiger partial charge in [0.1, 0.15) is 12.7 Å². The molecule has 0 amide bonds. The van der Waals surface area contributed by atoms with Gasteiger partial charge < -0.3 is 20.1 Å². The van der Waals surface area contributed by atoms with Gasteiger partial charge in [-0.1, -0.05) is 18.2 Å². The predicted octanol–water partition coefficient (Wildman–Crippen LogP) is 2.29. The molecular formula is C21H24N6O2. The summed E-state index contributed by atoms with van der Waals surface area (Å²) >= 11 is 0. The Labute approximate surface area is 169 Å². The third-order valence-corrected chi connectivity index (χ3v) is 4.53. The molecule has 150 valence electrons. The first-order valence-corrected chi connectivity index (χ1v) is 9.66. The molecule has 1 aliphatic heterocycles. The standard InChI is InChI=1S/C21H24N6O2/c1-2-23-21(24-10-9-16-5-8-19-20(11-16)29-15-28-19)25-12-17-3-6-18(7-4-17)27-14-22-13-26-27/h3-8,11,13-14H,2,9-10,12,15H2,1H3,(H2,23,24,25). The monoisotopic (exact) mass is 392 g/mol. The molecule has 0 unspecified atom stereocenters. The van der Waals surface area contributed by atoms with E-state index in [1.54, 1.807) is 11.0 Å². The molecule has 2 N–H and O–H groups in total. The molecule has 8 nitrogen and oxygen atoms in total. The number of aliphatic imine (C=N–C) groups is 1. The fourth-order valence-corrected chi connectivity index (χ4v) is 3.03. The van der Waals surface area contributed by atoms with E-state index in [2.05, 4.69) is 50.8 Å². The van der Waals surface area contributed by atoms with E-state index in [0.29, 0.717) is 13.3 Å². The van der Waals surface area contributed by atoms with Gasteiger partial charge in [-0.25, -0.2) is 14.7 Å².